The van der Waals surface area contributed by atoms with Crippen molar-refractivity contribution >= 4 is 26.4 Å². The molecule has 0 bridgehead atoms. The molecule has 0 fully saturated rings. The van der Waals surface area contributed by atoms with Crippen molar-refractivity contribution in [3.8, 4) is 6.07 Å². The molecule has 0 radical (unpaired) electrons. The molecule has 0 saturated heterocycles. The summed E-state index contributed by atoms with van der Waals surface area (Å²) in [5.74, 6) is 0. The Bertz CT molecular complexity index is 771. The van der Waals surface area contributed by atoms with E-state index in [1.54, 1.807) is 0 Å². The lowest BCUT2D eigenvalue weighted by atomic mass is 10.1. The molecule has 1 aliphatic heterocycles. The number of aromatic amines is 1. The lowest BCUT2D eigenvalue weighted by Crippen LogP contribution is -2.22. The number of rotatable bonds is 3. The van der Waals surface area contributed by atoms with Gasteiger partial charge in [0.25, 0.3) is 10.0 Å². The average Bonchev–Trinajstić information content (AvgIpc) is 3.05. The molecule has 7 nitrogen and oxygen atoms in total. The van der Waals surface area contributed by atoms with Crippen molar-refractivity contribution in [2.24, 2.45) is 0 Å². The van der Waals surface area contributed by atoms with Gasteiger partial charge in [0, 0.05) is 11.4 Å². The number of H-pyrrole nitrogens is 1. The normalized spacial score (nSPS) is 14.6. The zero-order valence-corrected chi connectivity index (χ0v) is 11.9. The number of nitrogens with zero attached hydrogens (tertiary/aromatic N) is 2. The van der Waals surface area contributed by atoms with E-state index in [2.05, 4.69) is 26.1 Å². The topological polar surface area (TPSA) is 111 Å². The molecule has 0 aromatic carbocycles. The minimum absolute atomic E-state index is 0.0223. The van der Waals surface area contributed by atoms with Gasteiger partial charge in [-0.3, -0.25) is 4.72 Å². The fourth-order valence-electron chi connectivity index (χ4n) is 2.09. The van der Waals surface area contributed by atoms with E-state index in [9.17, 15) is 13.7 Å². The van der Waals surface area contributed by atoms with Gasteiger partial charge in [-0.2, -0.15) is 13.7 Å². The molecule has 0 amide bonds. The standard InChI is InChI=1S/C11H11N5O2S2/c12-3-8-7-1-2-13-4-9(7)19-11(8)16-20(17,18)10-5-14-6-15-10/h5-6,13,16H,1-2,4H2,(H,14,15). The predicted molar refractivity (Wildman–Crippen MR) is 73.8 cm³/mol. The van der Waals surface area contributed by atoms with Crippen LogP contribution in [-0.4, -0.2) is 24.9 Å². The first-order valence-corrected chi connectivity index (χ1v) is 8.18. The van der Waals surface area contributed by atoms with Crippen LogP contribution in [-0.2, 0) is 23.0 Å². The van der Waals surface area contributed by atoms with Crippen molar-refractivity contribution < 1.29 is 8.42 Å². The molecule has 1 aliphatic rings. The third kappa shape index (κ3) is 2.18. The average molecular weight is 309 g/mol. The van der Waals surface area contributed by atoms with Gasteiger partial charge in [-0.05, 0) is 18.5 Å². The number of fused-ring (bicyclic) bond motifs is 1. The summed E-state index contributed by atoms with van der Waals surface area (Å²) < 4.78 is 26.8. The minimum Gasteiger partial charge on any atom is -0.334 e. The van der Waals surface area contributed by atoms with Crippen LogP contribution in [0, 0.1) is 11.3 Å². The van der Waals surface area contributed by atoms with Crippen molar-refractivity contribution in [3.05, 3.63) is 28.5 Å². The van der Waals surface area contributed by atoms with Gasteiger partial charge in [-0.1, -0.05) is 0 Å². The lowest BCUT2D eigenvalue weighted by molar-refractivity contribution is 0.598. The number of thiophene rings is 1. The quantitative estimate of drug-likeness (QED) is 0.776. The minimum atomic E-state index is -3.73. The molecule has 0 atom stereocenters. The van der Waals surface area contributed by atoms with E-state index in [1.807, 2.05) is 0 Å². The Kier molecular flexibility index (Phi) is 3.21. The molecule has 0 spiro atoms. The van der Waals surface area contributed by atoms with Gasteiger partial charge in [-0.15, -0.1) is 11.3 Å². The number of nitriles is 1. The molecular formula is C11H11N5O2S2. The SMILES string of the molecule is N#Cc1c(NS(=O)(=O)c2cnc[nH]2)sc2c1CCNC2. The highest BCUT2D eigenvalue weighted by molar-refractivity contribution is 7.92. The smallest absolute Gasteiger partial charge is 0.279 e. The number of hydrogen-bond donors (Lipinski definition) is 3. The molecule has 0 unspecified atom stereocenters. The van der Waals surface area contributed by atoms with Gasteiger partial charge < -0.3 is 10.3 Å². The molecule has 20 heavy (non-hydrogen) atoms. The Balaban J connectivity index is 2.00. The molecular weight excluding hydrogens is 298 g/mol. The van der Waals surface area contributed by atoms with Crippen molar-refractivity contribution in [2.75, 3.05) is 11.3 Å². The number of nitrogens with one attached hydrogen (secondary N) is 3. The molecule has 2 aromatic rings. The maximum absolute atomic E-state index is 12.1. The van der Waals surface area contributed by atoms with Gasteiger partial charge >= 0.3 is 0 Å². The summed E-state index contributed by atoms with van der Waals surface area (Å²) in [5.41, 5.74) is 1.37. The number of sulfonamides is 1. The predicted octanol–water partition coefficient (Wildman–Crippen LogP) is 0.789. The first-order chi connectivity index (χ1) is 9.62. The third-order valence-corrected chi connectivity index (χ3v) is 5.58. The van der Waals surface area contributed by atoms with Crippen LogP contribution in [0.1, 0.15) is 16.0 Å². The summed E-state index contributed by atoms with van der Waals surface area (Å²) in [5, 5.41) is 12.8. The Morgan fingerprint density at radius 2 is 2.35 bits per heavy atom. The highest BCUT2D eigenvalue weighted by atomic mass is 32.2. The Labute approximate surface area is 119 Å². The van der Waals surface area contributed by atoms with Gasteiger partial charge in [0.15, 0.2) is 5.03 Å². The fourth-order valence-corrected chi connectivity index (χ4v) is 4.47. The van der Waals surface area contributed by atoms with E-state index in [1.165, 1.54) is 23.9 Å². The number of hydrogen-bond acceptors (Lipinski definition) is 6. The van der Waals surface area contributed by atoms with Crippen LogP contribution in [0.4, 0.5) is 5.00 Å². The zero-order valence-electron chi connectivity index (χ0n) is 10.3. The maximum atomic E-state index is 12.1. The second-order valence-electron chi connectivity index (χ2n) is 4.27. The summed E-state index contributed by atoms with van der Waals surface area (Å²) in [6.07, 6.45) is 3.26. The summed E-state index contributed by atoms with van der Waals surface area (Å²) in [4.78, 5) is 7.25. The zero-order chi connectivity index (χ0) is 14.2. The molecule has 3 N–H and O–H groups in total. The van der Waals surface area contributed by atoms with Crippen LogP contribution < -0.4 is 10.0 Å². The number of imidazole rings is 1. The summed E-state index contributed by atoms with van der Waals surface area (Å²) in [6, 6.07) is 2.10. The van der Waals surface area contributed by atoms with Gasteiger partial charge in [0.05, 0.1) is 18.1 Å². The fraction of sp³-hybridized carbons (Fsp3) is 0.273. The van der Waals surface area contributed by atoms with Gasteiger partial charge in [-0.25, -0.2) is 4.98 Å². The molecule has 3 rings (SSSR count). The summed E-state index contributed by atoms with van der Waals surface area (Å²) >= 11 is 1.30. The van der Waals surface area contributed by atoms with E-state index in [4.69, 9.17) is 0 Å². The van der Waals surface area contributed by atoms with E-state index in [0.29, 0.717) is 17.1 Å². The van der Waals surface area contributed by atoms with Gasteiger partial charge in [0.2, 0.25) is 0 Å². The first kappa shape index (κ1) is 13.1. The molecule has 0 saturated carbocycles. The lowest BCUT2D eigenvalue weighted by Gasteiger charge is -2.11. The van der Waals surface area contributed by atoms with E-state index in [-0.39, 0.29) is 5.03 Å². The maximum Gasteiger partial charge on any atom is 0.279 e. The third-order valence-electron chi connectivity index (χ3n) is 3.03. The monoisotopic (exact) mass is 309 g/mol. The summed E-state index contributed by atoms with van der Waals surface area (Å²) in [6.45, 7) is 1.46. The second-order valence-corrected chi connectivity index (χ2v) is 7.02. The molecule has 104 valence electrons. The molecule has 3 heterocycles. The van der Waals surface area contributed by atoms with Gasteiger partial charge in [0.1, 0.15) is 11.1 Å². The van der Waals surface area contributed by atoms with Crippen LogP contribution in [0.5, 0.6) is 0 Å². The van der Waals surface area contributed by atoms with Crippen molar-refractivity contribution in [1.82, 2.24) is 15.3 Å². The van der Waals surface area contributed by atoms with E-state index >= 15 is 0 Å². The highest BCUT2D eigenvalue weighted by Crippen LogP contribution is 2.35. The Hall–Kier alpha value is -1.89. The van der Waals surface area contributed by atoms with Crippen LogP contribution in [0.2, 0.25) is 0 Å². The van der Waals surface area contributed by atoms with Crippen LogP contribution >= 0.6 is 11.3 Å². The molecule has 2 aromatic heterocycles. The second kappa shape index (κ2) is 4.90. The molecule has 9 heteroatoms. The Morgan fingerprint density at radius 1 is 1.50 bits per heavy atom. The van der Waals surface area contributed by atoms with Crippen molar-refractivity contribution in [2.45, 2.75) is 18.0 Å². The largest absolute Gasteiger partial charge is 0.334 e. The van der Waals surface area contributed by atoms with Crippen LogP contribution in [0.3, 0.4) is 0 Å². The summed E-state index contributed by atoms with van der Waals surface area (Å²) in [7, 11) is -3.73. The van der Waals surface area contributed by atoms with Crippen LogP contribution in [0.15, 0.2) is 17.6 Å². The van der Waals surface area contributed by atoms with Crippen molar-refractivity contribution in [1.29, 1.82) is 5.26 Å². The number of anilines is 1. The Morgan fingerprint density at radius 3 is 3.05 bits per heavy atom. The molecule has 0 aliphatic carbocycles. The van der Waals surface area contributed by atoms with E-state index < -0.39 is 10.0 Å². The highest BCUT2D eigenvalue weighted by Gasteiger charge is 2.24. The first-order valence-electron chi connectivity index (χ1n) is 5.88. The van der Waals surface area contributed by atoms with Crippen LogP contribution in [0.25, 0.3) is 0 Å². The van der Waals surface area contributed by atoms with E-state index in [0.717, 1.165) is 23.4 Å². The van der Waals surface area contributed by atoms with Crippen molar-refractivity contribution in [3.63, 3.8) is 0 Å². The number of aromatic nitrogens is 2.